The number of aromatic amines is 1. The summed E-state index contributed by atoms with van der Waals surface area (Å²) in [6.45, 7) is 0.986. The maximum atomic E-state index is 12.4. The normalized spacial score (nSPS) is 17.9. The van der Waals surface area contributed by atoms with Gasteiger partial charge in [-0.15, -0.1) is 0 Å². The zero-order valence-corrected chi connectivity index (χ0v) is 12.3. The first-order valence-corrected chi connectivity index (χ1v) is 8.29. The van der Waals surface area contributed by atoms with Crippen LogP contribution in [0.4, 0.5) is 0 Å². The highest BCUT2D eigenvalue weighted by Gasteiger charge is 2.30. The molecule has 0 unspecified atom stereocenters. The van der Waals surface area contributed by atoms with Crippen LogP contribution in [-0.2, 0) is 10.0 Å². The van der Waals surface area contributed by atoms with E-state index >= 15 is 0 Å². The lowest BCUT2D eigenvalue weighted by Gasteiger charge is -2.31. The van der Waals surface area contributed by atoms with Crippen LogP contribution in [0.5, 0.6) is 5.75 Å². The second-order valence-corrected chi connectivity index (χ2v) is 7.09. The van der Waals surface area contributed by atoms with Crippen molar-refractivity contribution in [3.63, 3.8) is 0 Å². The second-order valence-electron chi connectivity index (χ2n) is 5.19. The highest BCUT2D eigenvalue weighted by Crippen LogP contribution is 2.30. The zero-order chi connectivity index (χ0) is 14.9. The SMILES string of the molecule is O=S(=O)(c1cnc[nH]1)N1CCC(c2ccc(O)cc2)CC1. The number of nitrogens with one attached hydrogen (secondary N) is 1. The molecular formula is C14H17N3O3S. The fraction of sp³-hybridized carbons (Fsp3) is 0.357. The van der Waals surface area contributed by atoms with Gasteiger partial charge in [-0.1, -0.05) is 12.1 Å². The Labute approximate surface area is 123 Å². The first-order valence-electron chi connectivity index (χ1n) is 6.85. The van der Waals surface area contributed by atoms with Crippen molar-refractivity contribution in [2.75, 3.05) is 13.1 Å². The van der Waals surface area contributed by atoms with Gasteiger partial charge in [-0.25, -0.2) is 13.4 Å². The van der Waals surface area contributed by atoms with E-state index in [2.05, 4.69) is 9.97 Å². The fourth-order valence-corrected chi connectivity index (χ4v) is 4.06. The van der Waals surface area contributed by atoms with Crippen LogP contribution in [0.15, 0.2) is 41.8 Å². The van der Waals surface area contributed by atoms with Crippen LogP contribution in [0.3, 0.4) is 0 Å². The first kappa shape index (κ1) is 14.1. The lowest BCUT2D eigenvalue weighted by atomic mass is 9.90. The van der Waals surface area contributed by atoms with Gasteiger partial charge in [0.25, 0.3) is 10.0 Å². The summed E-state index contributed by atoms with van der Waals surface area (Å²) in [7, 11) is -3.46. The van der Waals surface area contributed by atoms with Crippen LogP contribution in [0.25, 0.3) is 0 Å². The Bertz CT molecular complexity index is 688. The van der Waals surface area contributed by atoms with E-state index in [9.17, 15) is 13.5 Å². The molecule has 0 saturated carbocycles. The van der Waals surface area contributed by atoms with Gasteiger partial charge in [-0.05, 0) is 36.5 Å². The number of aromatic hydroxyl groups is 1. The van der Waals surface area contributed by atoms with Gasteiger partial charge >= 0.3 is 0 Å². The summed E-state index contributed by atoms with van der Waals surface area (Å²) >= 11 is 0. The van der Waals surface area contributed by atoms with Gasteiger partial charge in [0.2, 0.25) is 0 Å². The van der Waals surface area contributed by atoms with Crippen molar-refractivity contribution < 1.29 is 13.5 Å². The minimum Gasteiger partial charge on any atom is -0.508 e. The fourth-order valence-electron chi connectivity index (χ4n) is 2.70. The van der Waals surface area contributed by atoms with E-state index < -0.39 is 10.0 Å². The van der Waals surface area contributed by atoms with Crippen LogP contribution in [-0.4, -0.2) is 40.9 Å². The maximum Gasteiger partial charge on any atom is 0.260 e. The van der Waals surface area contributed by atoms with E-state index in [-0.39, 0.29) is 10.8 Å². The van der Waals surface area contributed by atoms with E-state index in [1.54, 1.807) is 12.1 Å². The van der Waals surface area contributed by atoms with Gasteiger partial charge < -0.3 is 10.1 Å². The van der Waals surface area contributed by atoms with Crippen LogP contribution in [0, 0.1) is 0 Å². The van der Waals surface area contributed by atoms with Gasteiger partial charge in [0.05, 0.1) is 12.5 Å². The standard InChI is InChI=1S/C14H17N3O3S/c18-13-3-1-11(2-4-13)12-5-7-17(8-6-12)21(19,20)14-9-15-10-16-14/h1-4,9-10,12,18H,5-8H2,(H,15,16). The zero-order valence-electron chi connectivity index (χ0n) is 11.4. The molecule has 0 radical (unpaired) electrons. The maximum absolute atomic E-state index is 12.4. The molecule has 1 aromatic heterocycles. The Morgan fingerprint density at radius 2 is 1.86 bits per heavy atom. The molecule has 7 heteroatoms. The van der Waals surface area contributed by atoms with Crippen molar-refractivity contribution in [3.05, 3.63) is 42.4 Å². The lowest BCUT2D eigenvalue weighted by Crippen LogP contribution is -2.38. The number of sulfonamides is 1. The van der Waals surface area contributed by atoms with E-state index in [0.717, 1.165) is 18.4 Å². The molecule has 0 spiro atoms. The number of hydrogen-bond acceptors (Lipinski definition) is 4. The third kappa shape index (κ3) is 2.79. The third-order valence-electron chi connectivity index (χ3n) is 3.91. The average Bonchev–Trinajstić information content (AvgIpc) is 3.03. The first-order chi connectivity index (χ1) is 10.1. The molecule has 2 aromatic rings. The number of benzene rings is 1. The Morgan fingerprint density at radius 1 is 1.19 bits per heavy atom. The Balaban J connectivity index is 1.69. The molecule has 112 valence electrons. The Morgan fingerprint density at radius 3 is 2.43 bits per heavy atom. The summed E-state index contributed by atoms with van der Waals surface area (Å²) in [4.78, 5) is 6.42. The molecule has 0 bridgehead atoms. The van der Waals surface area contributed by atoms with Crippen LogP contribution in [0.2, 0.25) is 0 Å². The highest BCUT2D eigenvalue weighted by atomic mass is 32.2. The van der Waals surface area contributed by atoms with E-state index in [1.807, 2.05) is 12.1 Å². The Hall–Kier alpha value is -1.86. The highest BCUT2D eigenvalue weighted by molar-refractivity contribution is 7.89. The van der Waals surface area contributed by atoms with E-state index in [1.165, 1.54) is 16.8 Å². The summed E-state index contributed by atoms with van der Waals surface area (Å²) in [5, 5.41) is 9.46. The number of phenolic OH excluding ortho intramolecular Hbond substituents is 1. The number of hydrogen-bond donors (Lipinski definition) is 2. The van der Waals surface area contributed by atoms with Crippen LogP contribution < -0.4 is 0 Å². The number of rotatable bonds is 3. The summed E-state index contributed by atoms with van der Waals surface area (Å²) in [6.07, 6.45) is 4.26. The van der Waals surface area contributed by atoms with Crippen molar-refractivity contribution in [3.8, 4) is 5.75 Å². The number of imidazole rings is 1. The molecule has 21 heavy (non-hydrogen) atoms. The molecular weight excluding hydrogens is 290 g/mol. The largest absolute Gasteiger partial charge is 0.508 e. The summed E-state index contributed by atoms with van der Waals surface area (Å²) in [6, 6.07) is 7.14. The third-order valence-corrected chi connectivity index (χ3v) is 5.73. The molecule has 0 atom stereocenters. The number of H-pyrrole nitrogens is 1. The average molecular weight is 307 g/mol. The quantitative estimate of drug-likeness (QED) is 0.903. The molecule has 1 aliphatic rings. The van der Waals surface area contributed by atoms with E-state index in [4.69, 9.17) is 0 Å². The number of nitrogens with zero attached hydrogens (tertiary/aromatic N) is 2. The molecule has 2 N–H and O–H groups in total. The van der Waals surface area contributed by atoms with Crippen LogP contribution >= 0.6 is 0 Å². The van der Waals surface area contributed by atoms with Crippen molar-refractivity contribution in [1.82, 2.24) is 14.3 Å². The van der Waals surface area contributed by atoms with Crippen molar-refractivity contribution in [2.24, 2.45) is 0 Å². The second kappa shape index (κ2) is 5.50. The molecule has 3 rings (SSSR count). The lowest BCUT2D eigenvalue weighted by molar-refractivity contribution is 0.318. The van der Waals surface area contributed by atoms with Crippen molar-refractivity contribution in [2.45, 2.75) is 23.8 Å². The predicted molar refractivity (Wildman–Crippen MR) is 77.4 cm³/mol. The minimum absolute atomic E-state index is 0.144. The molecule has 0 amide bonds. The summed E-state index contributed by atoms with van der Waals surface area (Å²) in [5.41, 5.74) is 1.14. The molecule has 0 aliphatic carbocycles. The van der Waals surface area contributed by atoms with Crippen molar-refractivity contribution >= 4 is 10.0 Å². The molecule has 2 heterocycles. The number of phenols is 1. The van der Waals surface area contributed by atoms with Crippen molar-refractivity contribution in [1.29, 1.82) is 0 Å². The molecule has 1 aliphatic heterocycles. The number of piperidine rings is 1. The molecule has 1 fully saturated rings. The molecule has 1 aromatic carbocycles. The monoisotopic (exact) mass is 307 g/mol. The molecule has 1 saturated heterocycles. The van der Waals surface area contributed by atoms with Crippen LogP contribution in [0.1, 0.15) is 24.3 Å². The summed E-state index contributed by atoms with van der Waals surface area (Å²) in [5.74, 6) is 0.580. The molecule has 6 nitrogen and oxygen atoms in total. The Kier molecular flexibility index (Phi) is 3.69. The smallest absolute Gasteiger partial charge is 0.260 e. The summed E-state index contributed by atoms with van der Waals surface area (Å²) < 4.78 is 26.2. The van der Waals surface area contributed by atoms with Gasteiger partial charge in [0, 0.05) is 13.1 Å². The van der Waals surface area contributed by atoms with Gasteiger partial charge in [-0.2, -0.15) is 4.31 Å². The van der Waals surface area contributed by atoms with Gasteiger partial charge in [0.15, 0.2) is 5.03 Å². The topological polar surface area (TPSA) is 86.3 Å². The minimum atomic E-state index is -3.46. The number of aromatic nitrogens is 2. The van der Waals surface area contributed by atoms with E-state index in [0.29, 0.717) is 19.0 Å². The predicted octanol–water partition coefficient (Wildman–Crippen LogP) is 1.68. The van der Waals surface area contributed by atoms with Gasteiger partial charge in [-0.3, -0.25) is 0 Å². The van der Waals surface area contributed by atoms with Gasteiger partial charge in [0.1, 0.15) is 5.75 Å².